The van der Waals surface area contributed by atoms with Gasteiger partial charge in [0.25, 0.3) is 5.91 Å². The Morgan fingerprint density at radius 1 is 1.14 bits per heavy atom. The Hall–Kier alpha value is -1.16. The van der Waals surface area contributed by atoms with Crippen LogP contribution in [0.15, 0.2) is 47.4 Å². The number of benzene rings is 2. The lowest BCUT2D eigenvalue weighted by molar-refractivity contribution is 0.0951. The van der Waals surface area contributed by atoms with E-state index < -0.39 is 0 Å². The summed E-state index contributed by atoms with van der Waals surface area (Å²) in [5, 5.41) is 4.37. The molecule has 2 nitrogen and oxygen atoms in total. The molecule has 1 aliphatic rings. The SMILES string of the molecule is O=C(NC1CC1)c1ccc(CSc2cc(Cl)ccc2Cl)cc1. The highest BCUT2D eigenvalue weighted by molar-refractivity contribution is 7.98. The zero-order chi connectivity index (χ0) is 15.5. The number of rotatable bonds is 5. The van der Waals surface area contributed by atoms with Crippen LogP contribution < -0.4 is 5.32 Å². The van der Waals surface area contributed by atoms with E-state index in [0.29, 0.717) is 21.7 Å². The first-order valence-corrected chi connectivity index (χ1v) is 8.83. The molecule has 2 aromatic rings. The summed E-state index contributed by atoms with van der Waals surface area (Å²) < 4.78 is 0. The van der Waals surface area contributed by atoms with E-state index in [9.17, 15) is 4.79 Å². The predicted molar refractivity (Wildman–Crippen MR) is 93.0 cm³/mol. The molecule has 0 atom stereocenters. The summed E-state index contributed by atoms with van der Waals surface area (Å²) in [4.78, 5) is 12.9. The van der Waals surface area contributed by atoms with Gasteiger partial charge in [0, 0.05) is 27.3 Å². The molecule has 114 valence electrons. The van der Waals surface area contributed by atoms with Crippen molar-refractivity contribution in [1.29, 1.82) is 0 Å². The van der Waals surface area contributed by atoms with Crippen LogP contribution in [0.5, 0.6) is 0 Å². The first-order chi connectivity index (χ1) is 10.6. The van der Waals surface area contributed by atoms with E-state index in [2.05, 4.69) is 5.32 Å². The van der Waals surface area contributed by atoms with Gasteiger partial charge in [-0.15, -0.1) is 11.8 Å². The predicted octanol–water partition coefficient (Wildman–Crippen LogP) is 5.18. The molecule has 1 amide bonds. The van der Waals surface area contributed by atoms with Crippen molar-refractivity contribution >= 4 is 40.9 Å². The first-order valence-electron chi connectivity index (χ1n) is 7.09. The van der Waals surface area contributed by atoms with Crippen LogP contribution in [0.4, 0.5) is 0 Å². The molecule has 5 heteroatoms. The third kappa shape index (κ3) is 4.19. The highest BCUT2D eigenvalue weighted by Gasteiger charge is 2.23. The molecule has 22 heavy (non-hydrogen) atoms. The maximum absolute atomic E-state index is 11.9. The van der Waals surface area contributed by atoms with Crippen LogP contribution in [0.3, 0.4) is 0 Å². The number of carbonyl (C=O) groups is 1. The van der Waals surface area contributed by atoms with E-state index >= 15 is 0 Å². The number of nitrogens with one attached hydrogen (secondary N) is 1. The summed E-state index contributed by atoms with van der Waals surface area (Å²) >= 11 is 13.8. The Labute approximate surface area is 144 Å². The molecule has 0 unspecified atom stereocenters. The lowest BCUT2D eigenvalue weighted by Gasteiger charge is -2.07. The second-order valence-electron chi connectivity index (χ2n) is 5.31. The van der Waals surface area contributed by atoms with Gasteiger partial charge < -0.3 is 5.32 Å². The summed E-state index contributed by atoms with van der Waals surface area (Å²) in [7, 11) is 0. The number of amides is 1. The fourth-order valence-electron chi connectivity index (χ4n) is 2.00. The van der Waals surface area contributed by atoms with Crippen LogP contribution in [0.25, 0.3) is 0 Å². The van der Waals surface area contributed by atoms with Gasteiger partial charge in [0.2, 0.25) is 0 Å². The van der Waals surface area contributed by atoms with E-state index in [0.717, 1.165) is 29.1 Å². The minimum absolute atomic E-state index is 0.0135. The van der Waals surface area contributed by atoms with Gasteiger partial charge in [-0.05, 0) is 48.7 Å². The Bertz CT molecular complexity index is 684. The Kier molecular flexibility index (Phi) is 4.97. The van der Waals surface area contributed by atoms with Gasteiger partial charge in [-0.1, -0.05) is 35.3 Å². The van der Waals surface area contributed by atoms with Crippen molar-refractivity contribution < 1.29 is 4.79 Å². The van der Waals surface area contributed by atoms with Crippen LogP contribution in [0.2, 0.25) is 10.0 Å². The van der Waals surface area contributed by atoms with Gasteiger partial charge in [-0.2, -0.15) is 0 Å². The third-order valence-electron chi connectivity index (χ3n) is 3.42. The minimum atomic E-state index is 0.0135. The number of halogens is 2. The Morgan fingerprint density at radius 2 is 1.86 bits per heavy atom. The van der Waals surface area contributed by atoms with Gasteiger partial charge in [-0.3, -0.25) is 4.79 Å². The van der Waals surface area contributed by atoms with Crippen molar-refractivity contribution in [2.24, 2.45) is 0 Å². The minimum Gasteiger partial charge on any atom is -0.349 e. The summed E-state index contributed by atoms with van der Waals surface area (Å²) in [6.07, 6.45) is 2.20. The lowest BCUT2D eigenvalue weighted by Crippen LogP contribution is -2.25. The van der Waals surface area contributed by atoms with Gasteiger partial charge in [-0.25, -0.2) is 0 Å². The Balaban J connectivity index is 1.60. The third-order valence-corrected chi connectivity index (χ3v) is 5.22. The molecule has 1 N–H and O–H groups in total. The summed E-state index contributed by atoms with van der Waals surface area (Å²) in [6.45, 7) is 0. The zero-order valence-electron chi connectivity index (χ0n) is 11.8. The average Bonchev–Trinajstić information content (AvgIpc) is 3.32. The van der Waals surface area contributed by atoms with Crippen molar-refractivity contribution in [2.45, 2.75) is 29.5 Å². The van der Waals surface area contributed by atoms with Crippen molar-refractivity contribution in [3.05, 3.63) is 63.6 Å². The number of hydrogen-bond donors (Lipinski definition) is 1. The Morgan fingerprint density at radius 3 is 2.55 bits per heavy atom. The topological polar surface area (TPSA) is 29.1 Å². The molecule has 0 saturated heterocycles. The summed E-state index contributed by atoms with van der Waals surface area (Å²) in [5.74, 6) is 0.796. The van der Waals surface area contributed by atoms with E-state index in [1.807, 2.05) is 30.3 Å². The van der Waals surface area contributed by atoms with E-state index in [1.54, 1.807) is 23.9 Å². The highest BCUT2D eigenvalue weighted by Crippen LogP contribution is 2.32. The van der Waals surface area contributed by atoms with E-state index in [4.69, 9.17) is 23.2 Å². The molecular formula is C17H15Cl2NOS. The van der Waals surface area contributed by atoms with Crippen molar-refractivity contribution in [1.82, 2.24) is 5.32 Å². The molecule has 1 saturated carbocycles. The maximum atomic E-state index is 11.9. The molecule has 0 radical (unpaired) electrons. The van der Waals surface area contributed by atoms with Gasteiger partial charge in [0.05, 0.1) is 5.02 Å². The molecule has 0 spiro atoms. The fourth-order valence-corrected chi connectivity index (χ4v) is 3.45. The molecule has 0 aromatic heterocycles. The molecule has 2 aromatic carbocycles. The molecule has 0 aliphatic heterocycles. The lowest BCUT2D eigenvalue weighted by atomic mass is 10.1. The van der Waals surface area contributed by atoms with Gasteiger partial charge >= 0.3 is 0 Å². The molecule has 0 heterocycles. The smallest absolute Gasteiger partial charge is 0.251 e. The van der Waals surface area contributed by atoms with Gasteiger partial charge in [0.15, 0.2) is 0 Å². The second-order valence-corrected chi connectivity index (χ2v) is 7.17. The van der Waals surface area contributed by atoms with E-state index in [-0.39, 0.29) is 5.91 Å². The molecule has 0 bridgehead atoms. The molecule has 1 aliphatic carbocycles. The normalized spacial score (nSPS) is 13.9. The highest BCUT2D eigenvalue weighted by atomic mass is 35.5. The van der Waals surface area contributed by atoms with Crippen LogP contribution in [0, 0.1) is 0 Å². The van der Waals surface area contributed by atoms with Gasteiger partial charge in [0.1, 0.15) is 0 Å². The van der Waals surface area contributed by atoms with Crippen molar-refractivity contribution in [2.75, 3.05) is 0 Å². The fraction of sp³-hybridized carbons (Fsp3) is 0.235. The van der Waals surface area contributed by atoms with Crippen LogP contribution >= 0.6 is 35.0 Å². The van der Waals surface area contributed by atoms with Crippen LogP contribution in [0.1, 0.15) is 28.8 Å². The second kappa shape index (κ2) is 6.95. The van der Waals surface area contributed by atoms with Crippen molar-refractivity contribution in [3.8, 4) is 0 Å². The van der Waals surface area contributed by atoms with Crippen molar-refractivity contribution in [3.63, 3.8) is 0 Å². The molecular weight excluding hydrogens is 337 g/mol. The van der Waals surface area contributed by atoms with Crippen LogP contribution in [-0.4, -0.2) is 11.9 Å². The summed E-state index contributed by atoms with van der Waals surface area (Å²) in [6, 6.07) is 13.5. The molecule has 3 rings (SSSR count). The summed E-state index contributed by atoms with van der Waals surface area (Å²) in [5.41, 5.74) is 1.85. The quantitative estimate of drug-likeness (QED) is 0.752. The van der Waals surface area contributed by atoms with Crippen LogP contribution in [-0.2, 0) is 5.75 Å². The number of thioether (sulfide) groups is 1. The zero-order valence-corrected chi connectivity index (χ0v) is 14.1. The first kappa shape index (κ1) is 15.7. The standard InChI is InChI=1S/C17H15Cl2NOS/c18-13-5-8-15(19)16(9-13)22-10-11-1-3-12(4-2-11)17(21)20-14-6-7-14/h1-5,8-9,14H,6-7,10H2,(H,20,21). The largest absolute Gasteiger partial charge is 0.349 e. The average molecular weight is 352 g/mol. The number of carbonyl (C=O) groups excluding carboxylic acids is 1. The monoisotopic (exact) mass is 351 g/mol. The molecule has 1 fully saturated rings. The maximum Gasteiger partial charge on any atom is 0.251 e. The van der Waals surface area contributed by atoms with E-state index in [1.165, 1.54) is 0 Å². The number of hydrogen-bond acceptors (Lipinski definition) is 2.